The van der Waals surface area contributed by atoms with Gasteiger partial charge in [-0.05, 0) is 43.2 Å². The molecule has 2 aromatic rings. The molecule has 1 saturated heterocycles. The number of benzene rings is 1. The average Bonchev–Trinajstić information content (AvgIpc) is 2.68. The van der Waals surface area contributed by atoms with Gasteiger partial charge in [-0.3, -0.25) is 9.69 Å². The van der Waals surface area contributed by atoms with Crippen LogP contribution in [0.1, 0.15) is 18.4 Å². The van der Waals surface area contributed by atoms with Crippen LogP contribution in [0.25, 0.3) is 0 Å². The molecule has 1 aromatic heterocycles. The summed E-state index contributed by atoms with van der Waals surface area (Å²) in [4.78, 5) is 16.9. The van der Waals surface area contributed by atoms with E-state index < -0.39 is 11.7 Å². The van der Waals surface area contributed by atoms with E-state index in [4.69, 9.17) is 9.47 Å². The Morgan fingerprint density at radius 3 is 2.22 bits per heavy atom. The molecular weight excluding hydrogens is 361 g/mol. The van der Waals surface area contributed by atoms with Crippen LogP contribution in [-0.4, -0.2) is 26.2 Å². The molecule has 1 aromatic carbocycles. The Morgan fingerprint density at radius 2 is 1.70 bits per heavy atom. The maximum absolute atomic E-state index is 12.6. The van der Waals surface area contributed by atoms with Crippen LogP contribution in [0.5, 0.6) is 11.5 Å². The third kappa shape index (κ3) is 4.69. The summed E-state index contributed by atoms with van der Waals surface area (Å²) in [6.07, 6.45) is -2.26. The zero-order chi connectivity index (χ0) is 19.4. The van der Waals surface area contributed by atoms with Crippen LogP contribution in [0.4, 0.5) is 19.0 Å². The zero-order valence-corrected chi connectivity index (χ0v) is 14.8. The highest BCUT2D eigenvalue weighted by molar-refractivity contribution is 5.75. The summed E-state index contributed by atoms with van der Waals surface area (Å²) in [5, 5.41) is 0. The highest BCUT2D eigenvalue weighted by atomic mass is 19.4. The van der Waals surface area contributed by atoms with Gasteiger partial charge < -0.3 is 9.47 Å². The minimum atomic E-state index is -4.37. The molecule has 8 heteroatoms. The van der Waals surface area contributed by atoms with Crippen molar-refractivity contribution in [3.8, 4) is 11.5 Å². The number of esters is 1. The van der Waals surface area contributed by atoms with Crippen molar-refractivity contribution in [2.24, 2.45) is 5.92 Å². The zero-order valence-electron chi connectivity index (χ0n) is 14.8. The van der Waals surface area contributed by atoms with Gasteiger partial charge in [0.2, 0.25) is 0 Å². The van der Waals surface area contributed by atoms with Crippen LogP contribution in [-0.2, 0) is 11.0 Å². The van der Waals surface area contributed by atoms with E-state index in [0.29, 0.717) is 43.2 Å². The van der Waals surface area contributed by atoms with Crippen LogP contribution >= 0.6 is 0 Å². The number of halogens is 3. The SMILES string of the molecule is COc1ccc(OC(=O)C2CCN(c3ccc(C(F)(F)F)c[nH+]3)CC2)cc1. The number of H-pyrrole nitrogens is 1. The molecule has 0 unspecified atom stereocenters. The number of piperidine rings is 1. The number of rotatable bonds is 4. The Balaban J connectivity index is 1.54. The Hall–Kier alpha value is -2.77. The molecule has 1 aliphatic heterocycles. The minimum absolute atomic E-state index is 0.238. The molecular formula is C19H20F3N2O3+. The average molecular weight is 381 g/mol. The number of carbonyl (C=O) groups excluding carboxylic acids is 1. The third-order valence-electron chi connectivity index (χ3n) is 4.57. The van der Waals surface area contributed by atoms with E-state index in [2.05, 4.69) is 4.98 Å². The number of pyridine rings is 1. The molecule has 0 aliphatic carbocycles. The third-order valence-corrected chi connectivity index (χ3v) is 4.57. The number of alkyl halides is 3. The number of nitrogens with zero attached hydrogens (tertiary/aromatic N) is 1. The topological polar surface area (TPSA) is 52.9 Å². The lowest BCUT2D eigenvalue weighted by Crippen LogP contribution is -2.40. The number of hydrogen-bond donors (Lipinski definition) is 0. The molecule has 0 spiro atoms. The maximum Gasteiger partial charge on any atom is 0.419 e. The van der Waals surface area contributed by atoms with Crippen LogP contribution in [0, 0.1) is 5.92 Å². The van der Waals surface area contributed by atoms with E-state index >= 15 is 0 Å². The van der Waals surface area contributed by atoms with Crippen molar-refractivity contribution in [2.75, 3.05) is 25.1 Å². The lowest BCUT2D eigenvalue weighted by atomic mass is 9.97. The highest BCUT2D eigenvalue weighted by Gasteiger charge is 2.34. The van der Waals surface area contributed by atoms with Gasteiger partial charge in [0.25, 0.3) is 5.82 Å². The predicted molar refractivity (Wildman–Crippen MR) is 91.6 cm³/mol. The van der Waals surface area contributed by atoms with Crippen molar-refractivity contribution in [3.63, 3.8) is 0 Å². The molecule has 0 amide bonds. The van der Waals surface area contributed by atoms with Crippen LogP contribution in [0.2, 0.25) is 0 Å². The van der Waals surface area contributed by atoms with Gasteiger partial charge in [0.1, 0.15) is 17.7 Å². The normalized spacial score (nSPS) is 15.5. The molecule has 1 aliphatic rings. The van der Waals surface area contributed by atoms with Gasteiger partial charge in [-0.2, -0.15) is 13.2 Å². The molecule has 1 N–H and O–H groups in total. The molecule has 0 atom stereocenters. The Bertz CT molecular complexity index is 768. The van der Waals surface area contributed by atoms with E-state index in [0.717, 1.165) is 12.3 Å². The van der Waals surface area contributed by atoms with Gasteiger partial charge in [-0.15, -0.1) is 0 Å². The standard InChI is InChI=1S/C19H19F3N2O3/c1-26-15-3-5-16(6-4-15)27-18(25)13-8-10-24(11-9-13)17-7-2-14(12-23-17)19(20,21)22/h2-7,12-13H,8-11H2,1H3/p+1. The molecule has 27 heavy (non-hydrogen) atoms. The first-order valence-corrected chi connectivity index (χ1v) is 8.56. The summed E-state index contributed by atoms with van der Waals surface area (Å²) in [5.41, 5.74) is -0.718. The Kier molecular flexibility index (Phi) is 5.53. The fraction of sp³-hybridized carbons (Fsp3) is 0.368. The molecule has 5 nitrogen and oxygen atoms in total. The largest absolute Gasteiger partial charge is 0.497 e. The first-order chi connectivity index (χ1) is 12.9. The number of nitrogens with one attached hydrogen (secondary N) is 1. The van der Waals surface area contributed by atoms with Crippen molar-refractivity contribution in [1.29, 1.82) is 0 Å². The quantitative estimate of drug-likeness (QED) is 0.602. The number of carbonyl (C=O) groups is 1. The predicted octanol–water partition coefficient (Wildman–Crippen LogP) is 3.35. The lowest BCUT2D eigenvalue weighted by molar-refractivity contribution is -0.367. The monoisotopic (exact) mass is 381 g/mol. The number of anilines is 1. The van der Waals surface area contributed by atoms with Crippen molar-refractivity contribution in [1.82, 2.24) is 0 Å². The number of ether oxygens (including phenoxy) is 2. The van der Waals surface area contributed by atoms with Gasteiger partial charge >= 0.3 is 12.1 Å². The Morgan fingerprint density at radius 1 is 1.07 bits per heavy atom. The van der Waals surface area contributed by atoms with Gasteiger partial charge in [-0.25, -0.2) is 4.98 Å². The summed E-state index contributed by atoms with van der Waals surface area (Å²) in [5.74, 6) is 1.20. The first kappa shape index (κ1) is 19.0. The van der Waals surface area contributed by atoms with Gasteiger partial charge in [0.05, 0.1) is 31.7 Å². The summed E-state index contributed by atoms with van der Waals surface area (Å²) in [7, 11) is 1.56. The summed E-state index contributed by atoms with van der Waals surface area (Å²) < 4.78 is 48.4. The second kappa shape index (κ2) is 7.85. The van der Waals surface area contributed by atoms with E-state index in [1.807, 2.05) is 4.90 Å². The maximum atomic E-state index is 12.6. The molecule has 0 bridgehead atoms. The fourth-order valence-electron chi connectivity index (χ4n) is 2.99. The van der Waals surface area contributed by atoms with Crippen LogP contribution < -0.4 is 19.4 Å². The van der Waals surface area contributed by atoms with Crippen molar-refractivity contribution in [3.05, 3.63) is 48.2 Å². The fourth-order valence-corrected chi connectivity index (χ4v) is 2.99. The Labute approximate surface area is 154 Å². The second-order valence-electron chi connectivity index (χ2n) is 6.32. The summed E-state index contributed by atoms with van der Waals surface area (Å²) in [6, 6.07) is 9.23. The minimum Gasteiger partial charge on any atom is -0.497 e. The van der Waals surface area contributed by atoms with E-state index in [9.17, 15) is 18.0 Å². The van der Waals surface area contributed by atoms with E-state index in [-0.39, 0.29) is 11.9 Å². The smallest absolute Gasteiger partial charge is 0.419 e. The van der Waals surface area contributed by atoms with Crippen LogP contribution in [0.3, 0.4) is 0 Å². The molecule has 144 valence electrons. The van der Waals surface area contributed by atoms with E-state index in [1.165, 1.54) is 6.07 Å². The second-order valence-corrected chi connectivity index (χ2v) is 6.32. The molecule has 0 radical (unpaired) electrons. The van der Waals surface area contributed by atoms with Crippen molar-refractivity contribution >= 4 is 11.8 Å². The van der Waals surface area contributed by atoms with Crippen molar-refractivity contribution in [2.45, 2.75) is 19.0 Å². The molecule has 0 saturated carbocycles. The van der Waals surface area contributed by atoms with Crippen LogP contribution in [0.15, 0.2) is 42.6 Å². The number of methoxy groups -OCH3 is 1. The summed E-state index contributed by atoms with van der Waals surface area (Å²) in [6.45, 7) is 1.12. The molecule has 1 fully saturated rings. The van der Waals surface area contributed by atoms with E-state index in [1.54, 1.807) is 31.4 Å². The van der Waals surface area contributed by atoms with Gasteiger partial charge in [0, 0.05) is 6.07 Å². The number of aromatic nitrogens is 1. The molecule has 3 rings (SSSR count). The van der Waals surface area contributed by atoms with Gasteiger partial charge in [-0.1, -0.05) is 0 Å². The lowest BCUT2D eigenvalue weighted by Gasteiger charge is -2.26. The first-order valence-electron chi connectivity index (χ1n) is 8.56. The number of hydrogen-bond acceptors (Lipinski definition) is 4. The van der Waals surface area contributed by atoms with Gasteiger partial charge in [0.15, 0.2) is 0 Å². The number of aromatic amines is 1. The summed E-state index contributed by atoms with van der Waals surface area (Å²) >= 11 is 0. The molecule has 2 heterocycles. The highest BCUT2D eigenvalue weighted by Crippen LogP contribution is 2.29. The van der Waals surface area contributed by atoms with Crippen molar-refractivity contribution < 1.29 is 32.4 Å².